The van der Waals surface area contributed by atoms with Gasteiger partial charge in [-0.25, -0.2) is 0 Å². The normalized spacial score (nSPS) is 26.9. The van der Waals surface area contributed by atoms with E-state index in [1.54, 1.807) is 11.1 Å². The van der Waals surface area contributed by atoms with Crippen molar-refractivity contribution in [1.29, 1.82) is 0 Å². The summed E-state index contributed by atoms with van der Waals surface area (Å²) in [6.45, 7) is 0. The van der Waals surface area contributed by atoms with Gasteiger partial charge in [-0.15, -0.1) is 0 Å². The van der Waals surface area contributed by atoms with Crippen LogP contribution < -0.4 is 5.32 Å². The van der Waals surface area contributed by atoms with Crippen molar-refractivity contribution >= 4 is 0 Å². The van der Waals surface area contributed by atoms with E-state index in [1.165, 1.54) is 38.5 Å². The lowest BCUT2D eigenvalue weighted by Crippen LogP contribution is -2.27. The van der Waals surface area contributed by atoms with Crippen LogP contribution in [0.5, 0.6) is 0 Å². The van der Waals surface area contributed by atoms with Gasteiger partial charge in [-0.1, -0.05) is 43.5 Å². The largest absolute Gasteiger partial charge is 0.313 e. The van der Waals surface area contributed by atoms with Gasteiger partial charge in [-0.2, -0.15) is 0 Å². The molecule has 1 unspecified atom stereocenters. The molecule has 0 aliphatic heterocycles. The van der Waals surface area contributed by atoms with Gasteiger partial charge in [-0.05, 0) is 42.9 Å². The second-order valence-corrected chi connectivity index (χ2v) is 5.47. The van der Waals surface area contributed by atoms with Crippen molar-refractivity contribution < 1.29 is 0 Å². The lowest BCUT2D eigenvalue weighted by molar-refractivity contribution is 0.273. The van der Waals surface area contributed by atoms with Crippen LogP contribution in [0.15, 0.2) is 24.3 Å². The molecule has 0 heterocycles. The molecule has 2 aliphatic rings. The van der Waals surface area contributed by atoms with E-state index in [2.05, 4.69) is 36.6 Å². The number of nitrogens with one attached hydrogen (secondary N) is 1. The molecule has 0 saturated heterocycles. The molecule has 2 aliphatic carbocycles. The van der Waals surface area contributed by atoms with E-state index >= 15 is 0 Å². The Balaban J connectivity index is 2.04. The molecule has 1 saturated carbocycles. The van der Waals surface area contributed by atoms with E-state index in [1.807, 2.05) is 0 Å². The molecular weight excluding hydrogens is 194 g/mol. The summed E-state index contributed by atoms with van der Waals surface area (Å²) in [6.07, 6.45) is 8.41. The van der Waals surface area contributed by atoms with E-state index in [0.717, 1.165) is 0 Å². The van der Waals surface area contributed by atoms with Crippen molar-refractivity contribution in [3.63, 3.8) is 0 Å². The molecule has 1 spiro atoms. The van der Waals surface area contributed by atoms with Gasteiger partial charge in [0, 0.05) is 6.04 Å². The Morgan fingerprint density at radius 3 is 2.62 bits per heavy atom. The Morgan fingerprint density at radius 2 is 1.88 bits per heavy atom. The van der Waals surface area contributed by atoms with Crippen LogP contribution >= 0.6 is 0 Å². The molecule has 0 bridgehead atoms. The molecule has 0 aromatic heterocycles. The summed E-state index contributed by atoms with van der Waals surface area (Å²) in [5.41, 5.74) is 3.73. The standard InChI is InChI=1S/C15H21N/c1-16-14-11-15(9-5-2-6-10-15)13-8-4-3-7-12(13)14/h3-4,7-8,14,16H,2,5-6,9-11H2,1H3. The van der Waals surface area contributed by atoms with Crippen LogP contribution in [0.2, 0.25) is 0 Å². The number of hydrogen-bond donors (Lipinski definition) is 1. The van der Waals surface area contributed by atoms with Crippen LogP contribution in [0.4, 0.5) is 0 Å². The minimum absolute atomic E-state index is 0.516. The van der Waals surface area contributed by atoms with Gasteiger partial charge in [0.1, 0.15) is 0 Å². The van der Waals surface area contributed by atoms with E-state index in [-0.39, 0.29) is 0 Å². The van der Waals surface area contributed by atoms with Crippen LogP contribution in [-0.2, 0) is 5.41 Å². The van der Waals surface area contributed by atoms with Crippen LogP contribution in [0.3, 0.4) is 0 Å². The molecule has 1 aromatic rings. The summed E-state index contributed by atoms with van der Waals surface area (Å²) in [7, 11) is 2.10. The SMILES string of the molecule is CNC1CC2(CCCCC2)c2ccccc21. The van der Waals surface area contributed by atoms with Gasteiger partial charge >= 0.3 is 0 Å². The van der Waals surface area contributed by atoms with E-state index in [0.29, 0.717) is 11.5 Å². The van der Waals surface area contributed by atoms with Gasteiger partial charge in [0.05, 0.1) is 0 Å². The first-order chi connectivity index (χ1) is 7.86. The summed E-state index contributed by atoms with van der Waals surface area (Å²) in [4.78, 5) is 0. The van der Waals surface area contributed by atoms with Crippen molar-refractivity contribution in [2.75, 3.05) is 7.05 Å². The molecule has 1 N–H and O–H groups in total. The van der Waals surface area contributed by atoms with Gasteiger partial charge < -0.3 is 5.32 Å². The first-order valence-corrected chi connectivity index (χ1v) is 6.62. The molecule has 3 rings (SSSR count). The van der Waals surface area contributed by atoms with Crippen LogP contribution in [-0.4, -0.2) is 7.05 Å². The molecule has 86 valence electrons. The molecule has 1 nitrogen and oxygen atoms in total. The molecule has 1 aromatic carbocycles. The zero-order chi connectivity index (χ0) is 11.0. The summed E-state index contributed by atoms with van der Waals surface area (Å²) >= 11 is 0. The zero-order valence-corrected chi connectivity index (χ0v) is 10.1. The monoisotopic (exact) mass is 215 g/mol. The Labute approximate surface area is 98.3 Å². The molecule has 0 amide bonds. The summed E-state index contributed by atoms with van der Waals surface area (Å²) in [5, 5.41) is 3.49. The second-order valence-electron chi connectivity index (χ2n) is 5.47. The Hall–Kier alpha value is -0.820. The average molecular weight is 215 g/mol. The summed E-state index contributed by atoms with van der Waals surface area (Å²) in [6, 6.07) is 9.69. The summed E-state index contributed by atoms with van der Waals surface area (Å²) < 4.78 is 0. The number of benzene rings is 1. The molecule has 1 atom stereocenters. The maximum absolute atomic E-state index is 3.49. The lowest BCUT2D eigenvalue weighted by Gasteiger charge is -2.34. The molecule has 16 heavy (non-hydrogen) atoms. The highest BCUT2D eigenvalue weighted by Crippen LogP contribution is 2.52. The zero-order valence-electron chi connectivity index (χ0n) is 10.1. The van der Waals surface area contributed by atoms with Gasteiger partial charge in [0.15, 0.2) is 0 Å². The first kappa shape index (κ1) is 10.3. The predicted molar refractivity (Wildman–Crippen MR) is 67.6 cm³/mol. The Morgan fingerprint density at radius 1 is 1.12 bits per heavy atom. The van der Waals surface area contributed by atoms with Crippen LogP contribution in [0, 0.1) is 0 Å². The van der Waals surface area contributed by atoms with Crippen LogP contribution in [0.25, 0.3) is 0 Å². The lowest BCUT2D eigenvalue weighted by atomic mass is 9.70. The number of hydrogen-bond acceptors (Lipinski definition) is 1. The third-order valence-corrected chi connectivity index (χ3v) is 4.66. The van der Waals surface area contributed by atoms with Gasteiger partial charge in [-0.3, -0.25) is 0 Å². The van der Waals surface area contributed by atoms with Crippen molar-refractivity contribution in [1.82, 2.24) is 5.32 Å². The molecule has 0 radical (unpaired) electrons. The van der Waals surface area contributed by atoms with Crippen molar-refractivity contribution in [2.24, 2.45) is 0 Å². The predicted octanol–water partition coefficient (Wildman–Crippen LogP) is 3.55. The van der Waals surface area contributed by atoms with Crippen molar-refractivity contribution in [3.05, 3.63) is 35.4 Å². The fraction of sp³-hybridized carbons (Fsp3) is 0.600. The third kappa shape index (κ3) is 1.41. The average Bonchev–Trinajstić information content (AvgIpc) is 2.66. The maximum Gasteiger partial charge on any atom is 0.0328 e. The summed E-state index contributed by atoms with van der Waals surface area (Å²) in [5.74, 6) is 0. The van der Waals surface area contributed by atoms with Gasteiger partial charge in [0.25, 0.3) is 0 Å². The molecule has 1 heteroatoms. The second kappa shape index (κ2) is 3.89. The van der Waals surface area contributed by atoms with Crippen LogP contribution in [0.1, 0.15) is 55.7 Å². The fourth-order valence-corrected chi connectivity index (χ4v) is 3.85. The minimum atomic E-state index is 0.516. The highest BCUT2D eigenvalue weighted by atomic mass is 14.9. The number of rotatable bonds is 1. The highest BCUT2D eigenvalue weighted by molar-refractivity contribution is 5.42. The number of fused-ring (bicyclic) bond motifs is 2. The van der Waals surface area contributed by atoms with E-state index in [4.69, 9.17) is 0 Å². The topological polar surface area (TPSA) is 12.0 Å². The van der Waals surface area contributed by atoms with E-state index < -0.39 is 0 Å². The quantitative estimate of drug-likeness (QED) is 0.755. The third-order valence-electron chi connectivity index (χ3n) is 4.66. The Kier molecular flexibility index (Phi) is 2.51. The minimum Gasteiger partial charge on any atom is -0.313 e. The van der Waals surface area contributed by atoms with E-state index in [9.17, 15) is 0 Å². The highest BCUT2D eigenvalue weighted by Gasteiger charge is 2.43. The molecule has 1 fully saturated rings. The van der Waals surface area contributed by atoms with Crippen molar-refractivity contribution in [3.8, 4) is 0 Å². The molecular formula is C15H21N. The fourth-order valence-electron chi connectivity index (χ4n) is 3.85. The van der Waals surface area contributed by atoms with Crippen molar-refractivity contribution in [2.45, 2.75) is 50.0 Å². The first-order valence-electron chi connectivity index (χ1n) is 6.62. The van der Waals surface area contributed by atoms with Gasteiger partial charge in [0.2, 0.25) is 0 Å². The smallest absolute Gasteiger partial charge is 0.0328 e. The maximum atomic E-state index is 3.49. The Bertz CT molecular complexity index is 377.